The molecule has 0 saturated heterocycles. The highest BCUT2D eigenvalue weighted by atomic mass is 19.1. The van der Waals surface area contributed by atoms with E-state index in [-0.39, 0.29) is 11.9 Å². The number of para-hydroxylation sites is 1. The minimum atomic E-state index is -0.191. The number of ether oxygens (including phenoxy) is 1. The van der Waals surface area contributed by atoms with E-state index in [0.29, 0.717) is 18.3 Å². The third-order valence-electron chi connectivity index (χ3n) is 5.38. The minimum Gasteiger partial charge on any atom is -0.460 e. The molecule has 0 spiro atoms. The molecule has 0 amide bonds. The average molecular weight is 373 g/mol. The van der Waals surface area contributed by atoms with Gasteiger partial charge in [0.1, 0.15) is 12.4 Å². The van der Waals surface area contributed by atoms with Gasteiger partial charge in [-0.3, -0.25) is 4.90 Å². The molecule has 0 saturated carbocycles. The van der Waals surface area contributed by atoms with E-state index in [9.17, 15) is 4.39 Å². The SMILES string of the molecule is Nc1ccc2c(c1)COC(N(c1ccccc1)C1CCc3cc(F)ccc31)=N2. The van der Waals surface area contributed by atoms with Gasteiger partial charge in [-0.2, -0.15) is 4.99 Å². The van der Waals surface area contributed by atoms with Crippen LogP contribution >= 0.6 is 0 Å². The predicted octanol–water partition coefficient (Wildman–Crippen LogP) is 5.12. The van der Waals surface area contributed by atoms with Gasteiger partial charge in [0.05, 0.1) is 11.7 Å². The van der Waals surface area contributed by atoms with Crippen LogP contribution in [0.3, 0.4) is 0 Å². The summed E-state index contributed by atoms with van der Waals surface area (Å²) in [7, 11) is 0. The summed E-state index contributed by atoms with van der Waals surface area (Å²) in [6.45, 7) is 0.422. The lowest BCUT2D eigenvalue weighted by Crippen LogP contribution is -2.36. The Labute approximate surface area is 163 Å². The summed E-state index contributed by atoms with van der Waals surface area (Å²) in [4.78, 5) is 6.92. The Morgan fingerprint density at radius 2 is 1.86 bits per heavy atom. The summed E-state index contributed by atoms with van der Waals surface area (Å²) in [5, 5.41) is 0. The van der Waals surface area contributed by atoms with Gasteiger partial charge in [0, 0.05) is 16.9 Å². The number of hydrogen-bond donors (Lipinski definition) is 1. The monoisotopic (exact) mass is 373 g/mol. The van der Waals surface area contributed by atoms with Crippen molar-refractivity contribution in [2.24, 2.45) is 4.99 Å². The van der Waals surface area contributed by atoms with E-state index in [1.165, 1.54) is 6.07 Å². The number of nitrogens with zero attached hydrogens (tertiary/aromatic N) is 2. The molecule has 2 aliphatic rings. The third-order valence-corrected chi connectivity index (χ3v) is 5.38. The van der Waals surface area contributed by atoms with Crippen molar-refractivity contribution in [1.82, 2.24) is 0 Å². The first-order valence-corrected chi connectivity index (χ1v) is 9.41. The molecule has 0 bridgehead atoms. The van der Waals surface area contributed by atoms with E-state index in [1.807, 2.05) is 54.6 Å². The molecule has 5 heteroatoms. The quantitative estimate of drug-likeness (QED) is 0.634. The number of rotatable bonds is 2. The molecule has 0 radical (unpaired) electrons. The van der Waals surface area contributed by atoms with Crippen LogP contribution in [-0.4, -0.2) is 6.02 Å². The van der Waals surface area contributed by atoms with Crippen LogP contribution in [0.4, 0.5) is 21.5 Å². The number of aliphatic imine (C=N–C) groups is 1. The molecule has 4 nitrogen and oxygen atoms in total. The number of fused-ring (bicyclic) bond motifs is 2. The predicted molar refractivity (Wildman–Crippen MR) is 109 cm³/mol. The molecule has 1 atom stereocenters. The molecule has 3 aromatic carbocycles. The van der Waals surface area contributed by atoms with E-state index in [4.69, 9.17) is 15.5 Å². The number of nitrogen functional groups attached to an aromatic ring is 1. The van der Waals surface area contributed by atoms with Crippen molar-refractivity contribution in [2.45, 2.75) is 25.5 Å². The lowest BCUT2D eigenvalue weighted by atomic mass is 10.1. The topological polar surface area (TPSA) is 50.9 Å². The summed E-state index contributed by atoms with van der Waals surface area (Å²) < 4.78 is 19.8. The Morgan fingerprint density at radius 1 is 1.00 bits per heavy atom. The second kappa shape index (κ2) is 6.68. The van der Waals surface area contributed by atoms with Crippen LogP contribution in [0.5, 0.6) is 0 Å². The fourth-order valence-electron chi connectivity index (χ4n) is 4.08. The maximum atomic E-state index is 13.7. The van der Waals surface area contributed by atoms with Crippen molar-refractivity contribution in [3.05, 3.63) is 89.2 Å². The molecule has 3 aromatic rings. The third kappa shape index (κ3) is 2.89. The highest BCUT2D eigenvalue weighted by Gasteiger charge is 2.33. The zero-order valence-corrected chi connectivity index (χ0v) is 15.3. The maximum Gasteiger partial charge on any atom is 0.298 e. The molecule has 28 heavy (non-hydrogen) atoms. The smallest absolute Gasteiger partial charge is 0.298 e. The van der Waals surface area contributed by atoms with Gasteiger partial charge in [-0.05, 0) is 66.4 Å². The summed E-state index contributed by atoms with van der Waals surface area (Å²) >= 11 is 0. The zero-order chi connectivity index (χ0) is 19.1. The number of aryl methyl sites for hydroxylation is 1. The van der Waals surface area contributed by atoms with Gasteiger partial charge in [-0.15, -0.1) is 0 Å². The first kappa shape index (κ1) is 16.8. The lowest BCUT2D eigenvalue weighted by Gasteiger charge is -2.33. The summed E-state index contributed by atoms with van der Waals surface area (Å²) in [6.07, 6.45) is 1.71. The van der Waals surface area contributed by atoms with Gasteiger partial charge < -0.3 is 10.5 Å². The molecular weight excluding hydrogens is 353 g/mol. The van der Waals surface area contributed by atoms with Crippen molar-refractivity contribution in [1.29, 1.82) is 0 Å². The Kier molecular flexibility index (Phi) is 4.01. The van der Waals surface area contributed by atoms with E-state index < -0.39 is 0 Å². The van der Waals surface area contributed by atoms with Crippen LogP contribution in [0.25, 0.3) is 0 Å². The van der Waals surface area contributed by atoms with Crippen molar-refractivity contribution in [3.8, 4) is 0 Å². The van der Waals surface area contributed by atoms with Crippen molar-refractivity contribution in [2.75, 3.05) is 10.6 Å². The Bertz CT molecular complexity index is 1060. The number of hydrogen-bond acceptors (Lipinski definition) is 4. The van der Waals surface area contributed by atoms with Crippen LogP contribution in [0, 0.1) is 5.82 Å². The maximum absolute atomic E-state index is 13.7. The molecule has 1 unspecified atom stereocenters. The highest BCUT2D eigenvalue weighted by molar-refractivity contribution is 5.95. The molecule has 0 aromatic heterocycles. The largest absolute Gasteiger partial charge is 0.460 e. The van der Waals surface area contributed by atoms with Crippen molar-refractivity contribution >= 4 is 23.1 Å². The molecule has 1 aliphatic carbocycles. The second-order valence-corrected chi connectivity index (χ2v) is 7.17. The van der Waals surface area contributed by atoms with Crippen molar-refractivity contribution < 1.29 is 9.13 Å². The molecule has 1 aliphatic heterocycles. The number of anilines is 2. The van der Waals surface area contributed by atoms with Gasteiger partial charge in [-0.25, -0.2) is 4.39 Å². The van der Waals surface area contributed by atoms with Gasteiger partial charge in [0.15, 0.2) is 0 Å². The van der Waals surface area contributed by atoms with E-state index in [0.717, 1.165) is 40.9 Å². The molecular formula is C23H20FN3O. The number of halogens is 1. The number of nitrogens with two attached hydrogens (primary N) is 1. The van der Waals surface area contributed by atoms with E-state index >= 15 is 0 Å². The van der Waals surface area contributed by atoms with Crippen LogP contribution in [0.1, 0.15) is 29.2 Å². The minimum absolute atomic E-state index is 0.0482. The zero-order valence-electron chi connectivity index (χ0n) is 15.3. The normalized spacial score (nSPS) is 17.3. The first-order chi connectivity index (χ1) is 13.7. The molecule has 140 valence electrons. The number of amidine groups is 1. The summed E-state index contributed by atoms with van der Waals surface area (Å²) in [5.74, 6) is -0.191. The van der Waals surface area contributed by atoms with Crippen LogP contribution in [0.2, 0.25) is 0 Å². The average Bonchev–Trinajstić information content (AvgIpc) is 3.12. The van der Waals surface area contributed by atoms with Crippen LogP contribution in [0.15, 0.2) is 71.7 Å². The number of benzene rings is 3. The first-order valence-electron chi connectivity index (χ1n) is 9.41. The van der Waals surface area contributed by atoms with Gasteiger partial charge in [-0.1, -0.05) is 24.3 Å². The lowest BCUT2D eigenvalue weighted by molar-refractivity contribution is 0.275. The molecule has 1 heterocycles. The Morgan fingerprint density at radius 3 is 2.71 bits per heavy atom. The van der Waals surface area contributed by atoms with E-state index in [2.05, 4.69) is 4.90 Å². The highest BCUT2D eigenvalue weighted by Crippen LogP contribution is 2.40. The van der Waals surface area contributed by atoms with Crippen LogP contribution < -0.4 is 10.6 Å². The second-order valence-electron chi connectivity index (χ2n) is 7.17. The summed E-state index contributed by atoms with van der Waals surface area (Å²) in [6, 6.07) is 21.4. The Balaban J connectivity index is 1.61. The standard InChI is InChI=1S/C23H20FN3O/c24-17-7-9-20-15(12-17)6-11-22(20)27(19-4-2-1-3-5-19)23-26-21-10-8-18(25)13-16(21)14-28-23/h1-5,7-10,12-13,22H,6,11,14,25H2. The van der Waals surface area contributed by atoms with Crippen molar-refractivity contribution in [3.63, 3.8) is 0 Å². The molecule has 5 rings (SSSR count). The molecule has 0 fully saturated rings. The summed E-state index contributed by atoms with van der Waals surface area (Å²) in [5.41, 5.74) is 11.6. The van der Waals surface area contributed by atoms with Gasteiger partial charge in [0.2, 0.25) is 0 Å². The molecule has 2 N–H and O–H groups in total. The van der Waals surface area contributed by atoms with Gasteiger partial charge in [0.25, 0.3) is 6.02 Å². The van der Waals surface area contributed by atoms with Crippen LogP contribution in [-0.2, 0) is 17.8 Å². The Hall–Kier alpha value is -3.34. The van der Waals surface area contributed by atoms with E-state index in [1.54, 1.807) is 6.07 Å². The fourth-order valence-corrected chi connectivity index (χ4v) is 4.08. The fraction of sp³-hybridized carbons (Fsp3) is 0.174. The van der Waals surface area contributed by atoms with Gasteiger partial charge >= 0.3 is 0 Å².